The zero-order chi connectivity index (χ0) is 32.7. The molecule has 0 amide bonds. The Morgan fingerprint density at radius 2 is 1.10 bits per heavy atom. The normalized spacial score (nSPS) is 12.2. The number of rotatable bonds is 5. The maximum Gasteiger partial charge on any atom is 0.0744 e. The molecule has 2 aromatic heterocycles. The molecule has 49 heavy (non-hydrogen) atoms. The Bertz CT molecular complexity index is 2490. The van der Waals surface area contributed by atoms with E-state index in [1.165, 1.54) is 70.6 Å². The van der Waals surface area contributed by atoms with E-state index in [0.717, 1.165) is 28.9 Å². The number of thiophene rings is 1. The standard InChI is InChI=1S/C47H33NS/c1-31-42(34-12-4-2-5-13-34)30-43(37-15-6-3-7-16-37)48-46(31)38-26-22-33(23-27-38)32-20-24-36(25-21-32)39-29-28-35-14-8-9-17-40(35)47-45(39)41-18-10-11-19-44(41)49-47/h2-27,29-30H,28H2,1H3. The Labute approximate surface area is 291 Å². The van der Waals surface area contributed by atoms with Crippen LogP contribution in [0.3, 0.4) is 0 Å². The van der Waals surface area contributed by atoms with Gasteiger partial charge in [0.25, 0.3) is 0 Å². The van der Waals surface area contributed by atoms with Crippen molar-refractivity contribution in [2.24, 2.45) is 0 Å². The third-order valence-electron chi connectivity index (χ3n) is 9.77. The Morgan fingerprint density at radius 1 is 0.510 bits per heavy atom. The van der Waals surface area contributed by atoms with Crippen molar-refractivity contribution >= 4 is 27.0 Å². The average Bonchev–Trinajstić information content (AvgIpc) is 3.47. The molecule has 0 saturated carbocycles. The summed E-state index contributed by atoms with van der Waals surface area (Å²) in [6.07, 6.45) is 3.35. The maximum absolute atomic E-state index is 5.22. The average molecular weight is 644 g/mol. The molecular weight excluding hydrogens is 611 g/mol. The fourth-order valence-electron chi connectivity index (χ4n) is 7.23. The molecule has 232 valence electrons. The molecule has 0 aliphatic heterocycles. The van der Waals surface area contributed by atoms with Gasteiger partial charge in [-0.2, -0.15) is 0 Å². The van der Waals surface area contributed by atoms with Gasteiger partial charge in [0, 0.05) is 31.7 Å². The minimum Gasteiger partial charge on any atom is -0.247 e. The molecule has 0 unspecified atom stereocenters. The van der Waals surface area contributed by atoms with E-state index in [9.17, 15) is 0 Å². The summed E-state index contributed by atoms with van der Waals surface area (Å²) >= 11 is 1.91. The number of nitrogens with zero attached hydrogens (tertiary/aromatic N) is 1. The maximum atomic E-state index is 5.22. The topological polar surface area (TPSA) is 12.9 Å². The first kappa shape index (κ1) is 29.3. The van der Waals surface area contributed by atoms with Crippen LogP contribution in [0.5, 0.6) is 0 Å². The van der Waals surface area contributed by atoms with Crippen LogP contribution in [0.25, 0.3) is 70.9 Å². The fourth-order valence-corrected chi connectivity index (χ4v) is 8.50. The van der Waals surface area contributed by atoms with E-state index in [0.29, 0.717) is 0 Å². The van der Waals surface area contributed by atoms with Crippen LogP contribution in [0.15, 0.2) is 170 Å². The van der Waals surface area contributed by atoms with E-state index in [1.807, 2.05) is 11.3 Å². The highest BCUT2D eigenvalue weighted by Gasteiger charge is 2.22. The van der Waals surface area contributed by atoms with Crippen molar-refractivity contribution in [3.8, 4) is 55.2 Å². The van der Waals surface area contributed by atoms with Gasteiger partial charge < -0.3 is 0 Å². The molecule has 2 heteroatoms. The van der Waals surface area contributed by atoms with E-state index < -0.39 is 0 Å². The lowest BCUT2D eigenvalue weighted by molar-refractivity contribution is 1.27. The van der Waals surface area contributed by atoms with Crippen LogP contribution in [0.1, 0.15) is 22.3 Å². The molecule has 1 nitrogen and oxygen atoms in total. The van der Waals surface area contributed by atoms with Gasteiger partial charge in [0.15, 0.2) is 0 Å². The highest BCUT2D eigenvalue weighted by molar-refractivity contribution is 7.22. The SMILES string of the molecule is Cc1c(-c2ccccc2)cc(-c2ccccc2)nc1-c1ccc(-c2ccc(C3=CCc4ccccc4-c4sc5ccccc5c43)cc2)cc1. The van der Waals surface area contributed by atoms with Crippen LogP contribution in [0, 0.1) is 6.92 Å². The molecule has 1 aliphatic carbocycles. The second-order valence-corrected chi connectivity index (χ2v) is 13.7. The van der Waals surface area contributed by atoms with Crippen LogP contribution >= 0.6 is 11.3 Å². The van der Waals surface area contributed by atoms with Gasteiger partial charge in [0.05, 0.1) is 11.4 Å². The zero-order valence-corrected chi connectivity index (χ0v) is 28.0. The Kier molecular flexibility index (Phi) is 7.37. The number of aromatic nitrogens is 1. The molecule has 1 aliphatic rings. The molecule has 2 heterocycles. The largest absolute Gasteiger partial charge is 0.247 e. The monoisotopic (exact) mass is 643 g/mol. The Hall–Kier alpha value is -5.83. The third-order valence-corrected chi connectivity index (χ3v) is 11.0. The van der Waals surface area contributed by atoms with Crippen LogP contribution in [-0.2, 0) is 6.42 Å². The summed E-state index contributed by atoms with van der Waals surface area (Å²) in [5.41, 5.74) is 16.9. The number of hydrogen-bond donors (Lipinski definition) is 0. The second kappa shape index (κ2) is 12.3. The van der Waals surface area contributed by atoms with E-state index in [4.69, 9.17) is 4.98 Å². The minimum absolute atomic E-state index is 0.926. The van der Waals surface area contributed by atoms with E-state index in [2.05, 4.69) is 177 Å². The summed E-state index contributed by atoms with van der Waals surface area (Å²) in [5, 5.41) is 1.33. The van der Waals surface area contributed by atoms with Crippen LogP contribution in [-0.4, -0.2) is 4.98 Å². The molecular formula is C47H33NS. The van der Waals surface area contributed by atoms with Gasteiger partial charge in [-0.05, 0) is 75.6 Å². The van der Waals surface area contributed by atoms with Gasteiger partial charge in [0.1, 0.15) is 0 Å². The molecule has 9 rings (SSSR count). The van der Waals surface area contributed by atoms with Crippen LogP contribution in [0.4, 0.5) is 0 Å². The quantitative estimate of drug-likeness (QED) is 0.182. The van der Waals surface area contributed by atoms with E-state index in [-0.39, 0.29) is 0 Å². The first-order chi connectivity index (χ1) is 24.2. The molecule has 0 radical (unpaired) electrons. The van der Waals surface area contributed by atoms with Crippen molar-refractivity contribution in [1.82, 2.24) is 4.98 Å². The molecule has 6 aromatic carbocycles. The van der Waals surface area contributed by atoms with Gasteiger partial charge in [-0.3, -0.25) is 0 Å². The Morgan fingerprint density at radius 3 is 1.84 bits per heavy atom. The lowest BCUT2D eigenvalue weighted by Gasteiger charge is -2.15. The first-order valence-electron chi connectivity index (χ1n) is 16.9. The number of allylic oxidation sites excluding steroid dienone is 1. The van der Waals surface area contributed by atoms with Crippen molar-refractivity contribution in [2.75, 3.05) is 0 Å². The van der Waals surface area contributed by atoms with Gasteiger partial charge in [-0.15, -0.1) is 11.3 Å². The summed E-state index contributed by atoms with van der Waals surface area (Å²) < 4.78 is 1.33. The van der Waals surface area contributed by atoms with Gasteiger partial charge in [0.2, 0.25) is 0 Å². The number of benzene rings is 6. The molecule has 8 aromatic rings. The zero-order valence-electron chi connectivity index (χ0n) is 27.2. The molecule has 0 spiro atoms. The van der Waals surface area contributed by atoms with Gasteiger partial charge in [-0.1, -0.05) is 158 Å². The Balaban J connectivity index is 1.07. The summed E-state index contributed by atoms with van der Waals surface area (Å²) in [4.78, 5) is 6.59. The van der Waals surface area contributed by atoms with Crippen molar-refractivity contribution in [3.05, 3.63) is 192 Å². The highest BCUT2D eigenvalue weighted by atomic mass is 32.1. The van der Waals surface area contributed by atoms with Crippen molar-refractivity contribution in [3.63, 3.8) is 0 Å². The van der Waals surface area contributed by atoms with E-state index in [1.54, 1.807) is 0 Å². The minimum atomic E-state index is 0.926. The predicted molar refractivity (Wildman–Crippen MR) is 209 cm³/mol. The van der Waals surface area contributed by atoms with Gasteiger partial charge >= 0.3 is 0 Å². The van der Waals surface area contributed by atoms with Crippen molar-refractivity contribution in [2.45, 2.75) is 13.3 Å². The third kappa shape index (κ3) is 5.31. The van der Waals surface area contributed by atoms with E-state index >= 15 is 0 Å². The predicted octanol–water partition coefficient (Wildman–Crippen LogP) is 12.9. The second-order valence-electron chi connectivity index (χ2n) is 12.7. The van der Waals surface area contributed by atoms with Crippen molar-refractivity contribution < 1.29 is 0 Å². The lowest BCUT2D eigenvalue weighted by atomic mass is 9.92. The smallest absolute Gasteiger partial charge is 0.0744 e. The van der Waals surface area contributed by atoms with Crippen LogP contribution < -0.4 is 0 Å². The van der Waals surface area contributed by atoms with Crippen molar-refractivity contribution in [1.29, 1.82) is 0 Å². The first-order valence-corrected chi connectivity index (χ1v) is 17.7. The summed E-state index contributed by atoms with van der Waals surface area (Å²) in [7, 11) is 0. The number of pyridine rings is 1. The summed E-state index contributed by atoms with van der Waals surface area (Å²) in [6.45, 7) is 2.19. The highest BCUT2D eigenvalue weighted by Crippen LogP contribution is 2.47. The molecule has 0 N–H and O–H groups in total. The molecule has 0 bridgehead atoms. The summed E-state index contributed by atoms with van der Waals surface area (Å²) in [6, 6.07) is 59.1. The molecule has 0 saturated heterocycles. The fraction of sp³-hybridized carbons (Fsp3) is 0.0426. The number of fused-ring (bicyclic) bond motifs is 5. The molecule has 0 fully saturated rings. The molecule has 0 atom stereocenters. The van der Waals surface area contributed by atoms with Gasteiger partial charge in [-0.25, -0.2) is 4.98 Å². The van der Waals surface area contributed by atoms with Crippen LogP contribution in [0.2, 0.25) is 0 Å². The summed E-state index contributed by atoms with van der Waals surface area (Å²) in [5.74, 6) is 0. The number of hydrogen-bond acceptors (Lipinski definition) is 2. The lowest BCUT2D eigenvalue weighted by Crippen LogP contribution is -1.96.